The number of ether oxygens (including phenoxy) is 1. The highest BCUT2D eigenvalue weighted by Crippen LogP contribution is 2.24. The number of hydrogen-bond donors (Lipinski definition) is 2. The summed E-state index contributed by atoms with van der Waals surface area (Å²) < 4.78 is 32.7. The molecule has 0 bridgehead atoms. The molecule has 6 nitrogen and oxygen atoms in total. The van der Waals surface area contributed by atoms with Gasteiger partial charge in [0.15, 0.2) is 6.10 Å². The zero-order chi connectivity index (χ0) is 19.9. The van der Waals surface area contributed by atoms with Crippen molar-refractivity contribution in [2.75, 3.05) is 11.9 Å². The van der Waals surface area contributed by atoms with E-state index in [9.17, 15) is 13.2 Å². The van der Waals surface area contributed by atoms with Gasteiger partial charge in [0.05, 0.1) is 9.92 Å². The molecule has 2 N–H and O–H groups in total. The molecule has 0 aromatic heterocycles. The summed E-state index contributed by atoms with van der Waals surface area (Å²) in [4.78, 5) is 12.4. The molecule has 0 saturated heterocycles. The molecular weight excluding hydrogens is 388 g/mol. The summed E-state index contributed by atoms with van der Waals surface area (Å²) in [5.41, 5.74) is 0.368. The van der Waals surface area contributed by atoms with E-state index in [0.29, 0.717) is 23.0 Å². The highest BCUT2D eigenvalue weighted by atomic mass is 35.5. The van der Waals surface area contributed by atoms with Crippen LogP contribution in [0.2, 0.25) is 5.02 Å². The average Bonchev–Trinajstić information content (AvgIpc) is 2.64. The summed E-state index contributed by atoms with van der Waals surface area (Å²) in [6.45, 7) is 3.94. The third-order valence-electron chi connectivity index (χ3n) is 3.74. The van der Waals surface area contributed by atoms with Crippen molar-refractivity contribution in [2.24, 2.45) is 0 Å². The topological polar surface area (TPSA) is 84.5 Å². The molecule has 0 spiro atoms. The van der Waals surface area contributed by atoms with Gasteiger partial charge in [0, 0.05) is 12.2 Å². The van der Waals surface area contributed by atoms with Gasteiger partial charge in [-0.1, -0.05) is 43.1 Å². The predicted octanol–water partition coefficient (Wildman–Crippen LogP) is 3.82. The van der Waals surface area contributed by atoms with Crippen LogP contribution in [-0.4, -0.2) is 27.0 Å². The molecule has 8 heteroatoms. The summed E-state index contributed by atoms with van der Waals surface area (Å²) in [5.74, 6) is -0.0123. The van der Waals surface area contributed by atoms with Crippen molar-refractivity contribution in [1.29, 1.82) is 0 Å². The fourth-order valence-corrected chi connectivity index (χ4v) is 3.54. The zero-order valence-electron chi connectivity index (χ0n) is 15.2. The number of nitrogens with one attached hydrogen (secondary N) is 2. The van der Waals surface area contributed by atoms with Gasteiger partial charge in [0.1, 0.15) is 5.75 Å². The van der Waals surface area contributed by atoms with Crippen molar-refractivity contribution in [3.05, 3.63) is 53.6 Å². The predicted molar refractivity (Wildman–Crippen MR) is 107 cm³/mol. The van der Waals surface area contributed by atoms with Crippen molar-refractivity contribution in [3.8, 4) is 5.75 Å². The minimum absolute atomic E-state index is 0.0936. The van der Waals surface area contributed by atoms with E-state index < -0.39 is 22.0 Å². The van der Waals surface area contributed by atoms with Crippen LogP contribution in [0.1, 0.15) is 26.7 Å². The highest BCUT2D eigenvalue weighted by Gasteiger charge is 2.18. The van der Waals surface area contributed by atoms with Crippen LogP contribution in [-0.2, 0) is 14.8 Å². The van der Waals surface area contributed by atoms with E-state index in [1.807, 2.05) is 6.92 Å². The van der Waals surface area contributed by atoms with E-state index in [-0.39, 0.29) is 4.90 Å². The first-order chi connectivity index (χ1) is 12.8. The molecule has 1 amide bonds. The lowest BCUT2D eigenvalue weighted by molar-refractivity contribution is -0.122. The van der Waals surface area contributed by atoms with E-state index >= 15 is 0 Å². The van der Waals surface area contributed by atoms with Crippen molar-refractivity contribution < 1.29 is 17.9 Å². The second-order valence-electron chi connectivity index (χ2n) is 5.96. The van der Waals surface area contributed by atoms with E-state index in [1.54, 1.807) is 43.3 Å². The molecule has 0 fully saturated rings. The molecule has 2 aromatic rings. The normalized spacial score (nSPS) is 12.4. The van der Waals surface area contributed by atoms with Crippen molar-refractivity contribution in [1.82, 2.24) is 4.72 Å². The van der Waals surface area contributed by atoms with Gasteiger partial charge in [-0.15, -0.1) is 0 Å². The Hall–Kier alpha value is -2.09. The highest BCUT2D eigenvalue weighted by molar-refractivity contribution is 7.89. The molecule has 0 saturated carbocycles. The number of amides is 1. The van der Waals surface area contributed by atoms with Gasteiger partial charge < -0.3 is 10.1 Å². The minimum Gasteiger partial charge on any atom is -0.479 e. The Morgan fingerprint density at radius 1 is 1.19 bits per heavy atom. The molecule has 1 atom stereocenters. The van der Waals surface area contributed by atoms with Gasteiger partial charge in [-0.25, -0.2) is 13.1 Å². The van der Waals surface area contributed by atoms with Crippen LogP contribution in [0.3, 0.4) is 0 Å². The minimum atomic E-state index is -3.62. The molecule has 0 aliphatic carbocycles. The van der Waals surface area contributed by atoms with Crippen LogP contribution in [0.5, 0.6) is 5.75 Å². The maximum absolute atomic E-state index is 12.4. The fraction of sp³-hybridized carbons (Fsp3) is 0.316. The molecule has 1 unspecified atom stereocenters. The number of sulfonamides is 1. The number of hydrogen-bond acceptors (Lipinski definition) is 4. The maximum Gasteiger partial charge on any atom is 0.265 e. The van der Waals surface area contributed by atoms with Gasteiger partial charge in [0.25, 0.3) is 5.91 Å². The monoisotopic (exact) mass is 410 g/mol. The fourth-order valence-electron chi connectivity index (χ4n) is 2.24. The Morgan fingerprint density at radius 3 is 2.63 bits per heavy atom. The summed E-state index contributed by atoms with van der Waals surface area (Å²) in [6.07, 6.45) is 0.835. The number of carbonyl (C=O) groups excluding carboxylic acids is 1. The first-order valence-electron chi connectivity index (χ1n) is 8.65. The van der Waals surface area contributed by atoms with Crippen molar-refractivity contribution in [3.63, 3.8) is 0 Å². The van der Waals surface area contributed by atoms with Gasteiger partial charge in [-0.2, -0.15) is 0 Å². The van der Waals surface area contributed by atoms with Crippen LogP contribution < -0.4 is 14.8 Å². The standard InChI is InChI=1S/C19H23ClN2O4S/c1-3-4-12-21-27(24,25)16-9-7-8-15(13-16)22-19(23)14(2)26-18-11-6-5-10-17(18)20/h5-11,13-14,21H,3-4,12H2,1-2H3,(H,22,23). The molecule has 2 rings (SSSR count). The molecule has 0 aliphatic heterocycles. The first kappa shape index (κ1) is 21.2. The third-order valence-corrected chi connectivity index (χ3v) is 5.51. The van der Waals surface area contributed by atoms with E-state index in [1.165, 1.54) is 12.1 Å². The Labute approximate surface area is 164 Å². The van der Waals surface area contributed by atoms with Crippen LogP contribution in [0.15, 0.2) is 53.4 Å². The Balaban J connectivity index is 2.04. The Morgan fingerprint density at radius 2 is 1.93 bits per heavy atom. The summed E-state index contributed by atoms with van der Waals surface area (Å²) in [6, 6.07) is 12.9. The van der Waals surface area contributed by atoms with Crippen LogP contribution in [0.25, 0.3) is 0 Å². The van der Waals surface area contributed by atoms with Gasteiger partial charge >= 0.3 is 0 Å². The number of rotatable bonds is 9. The zero-order valence-corrected chi connectivity index (χ0v) is 16.8. The lowest BCUT2D eigenvalue weighted by atomic mass is 10.3. The smallest absolute Gasteiger partial charge is 0.265 e. The quantitative estimate of drug-likeness (QED) is 0.615. The van der Waals surface area contributed by atoms with Gasteiger partial charge in [0.2, 0.25) is 10.0 Å². The van der Waals surface area contributed by atoms with Crippen LogP contribution in [0, 0.1) is 0 Å². The molecule has 0 heterocycles. The molecule has 0 radical (unpaired) electrons. The third kappa shape index (κ3) is 6.23. The summed E-state index contributed by atoms with van der Waals surface area (Å²) in [7, 11) is -3.62. The molecular formula is C19H23ClN2O4S. The lowest BCUT2D eigenvalue weighted by Gasteiger charge is -2.16. The number of benzene rings is 2. The first-order valence-corrected chi connectivity index (χ1v) is 10.5. The van der Waals surface area contributed by atoms with E-state index in [4.69, 9.17) is 16.3 Å². The second kappa shape index (κ2) is 9.73. The van der Waals surface area contributed by atoms with E-state index in [0.717, 1.165) is 12.8 Å². The van der Waals surface area contributed by atoms with E-state index in [2.05, 4.69) is 10.0 Å². The largest absolute Gasteiger partial charge is 0.479 e. The number of anilines is 1. The van der Waals surface area contributed by atoms with Crippen LogP contribution >= 0.6 is 11.6 Å². The average molecular weight is 411 g/mol. The lowest BCUT2D eigenvalue weighted by Crippen LogP contribution is -2.30. The maximum atomic E-state index is 12.4. The van der Waals surface area contributed by atoms with Gasteiger partial charge in [-0.05, 0) is 43.7 Å². The summed E-state index contributed by atoms with van der Waals surface area (Å²) >= 11 is 6.03. The number of unbranched alkanes of at least 4 members (excludes halogenated alkanes) is 1. The number of carbonyl (C=O) groups is 1. The number of para-hydroxylation sites is 1. The Bertz CT molecular complexity index is 887. The SMILES string of the molecule is CCCCNS(=O)(=O)c1cccc(NC(=O)C(C)Oc2ccccc2Cl)c1. The van der Waals surface area contributed by atoms with Crippen molar-refractivity contribution >= 4 is 33.2 Å². The molecule has 2 aromatic carbocycles. The Kier molecular flexibility index (Phi) is 7.65. The second-order valence-corrected chi connectivity index (χ2v) is 8.13. The number of halogens is 1. The molecule has 146 valence electrons. The summed E-state index contributed by atoms with van der Waals surface area (Å²) in [5, 5.41) is 3.07. The molecule has 27 heavy (non-hydrogen) atoms. The van der Waals surface area contributed by atoms with Gasteiger partial charge in [-0.3, -0.25) is 4.79 Å². The van der Waals surface area contributed by atoms with Crippen molar-refractivity contribution in [2.45, 2.75) is 37.7 Å². The van der Waals surface area contributed by atoms with Crippen LogP contribution in [0.4, 0.5) is 5.69 Å². The molecule has 0 aliphatic rings.